The summed E-state index contributed by atoms with van der Waals surface area (Å²) >= 11 is 20.9. The number of aromatic nitrogens is 1. The molecule has 0 unspecified atom stereocenters. The minimum Gasteiger partial charge on any atom is -0.320 e. The molecule has 0 aliphatic heterocycles. The SMILES string of the molecule is O=C(Nc1cc(Cl)c(Cl)cc1Cl)c1cccnc1Br. The second-order valence-corrected chi connectivity index (χ2v) is 5.51. The van der Waals surface area contributed by atoms with Crippen molar-refractivity contribution in [1.82, 2.24) is 4.98 Å². The third-order valence-corrected chi connectivity index (χ3v) is 3.93. The van der Waals surface area contributed by atoms with Crippen LogP contribution in [0.4, 0.5) is 5.69 Å². The third-order valence-electron chi connectivity index (χ3n) is 2.26. The van der Waals surface area contributed by atoms with Crippen LogP contribution < -0.4 is 5.32 Å². The Balaban J connectivity index is 2.30. The minimum absolute atomic E-state index is 0.308. The van der Waals surface area contributed by atoms with Crippen molar-refractivity contribution in [2.45, 2.75) is 0 Å². The van der Waals surface area contributed by atoms with Gasteiger partial charge in [0.1, 0.15) is 4.60 Å². The highest BCUT2D eigenvalue weighted by Gasteiger charge is 2.13. The molecule has 19 heavy (non-hydrogen) atoms. The average molecular weight is 380 g/mol. The van der Waals surface area contributed by atoms with Gasteiger partial charge in [0.25, 0.3) is 5.91 Å². The van der Waals surface area contributed by atoms with E-state index in [4.69, 9.17) is 34.8 Å². The molecular formula is C12H6BrCl3N2O. The molecule has 0 saturated carbocycles. The van der Waals surface area contributed by atoms with Crippen molar-refractivity contribution >= 4 is 62.3 Å². The molecule has 0 fully saturated rings. The van der Waals surface area contributed by atoms with E-state index in [1.807, 2.05) is 0 Å². The van der Waals surface area contributed by atoms with E-state index in [1.54, 1.807) is 18.3 Å². The van der Waals surface area contributed by atoms with Gasteiger partial charge < -0.3 is 5.32 Å². The molecule has 7 heteroatoms. The maximum Gasteiger partial charge on any atom is 0.258 e. The molecule has 0 saturated heterocycles. The zero-order valence-corrected chi connectivity index (χ0v) is 13.1. The van der Waals surface area contributed by atoms with Crippen LogP contribution >= 0.6 is 50.7 Å². The second-order valence-electron chi connectivity index (χ2n) is 3.54. The molecule has 1 N–H and O–H groups in total. The van der Waals surface area contributed by atoms with Crippen molar-refractivity contribution < 1.29 is 4.79 Å². The number of anilines is 1. The van der Waals surface area contributed by atoms with Crippen LogP contribution in [0.25, 0.3) is 0 Å². The highest BCUT2D eigenvalue weighted by Crippen LogP contribution is 2.32. The Morgan fingerprint density at radius 1 is 1.16 bits per heavy atom. The van der Waals surface area contributed by atoms with E-state index in [2.05, 4.69) is 26.2 Å². The van der Waals surface area contributed by atoms with Gasteiger partial charge in [-0.2, -0.15) is 0 Å². The van der Waals surface area contributed by atoms with E-state index in [-0.39, 0.29) is 5.91 Å². The Bertz CT molecular complexity index is 649. The van der Waals surface area contributed by atoms with Crippen molar-refractivity contribution in [2.75, 3.05) is 5.32 Å². The molecule has 0 radical (unpaired) electrons. The molecule has 1 aromatic heterocycles. The maximum atomic E-state index is 12.1. The monoisotopic (exact) mass is 378 g/mol. The van der Waals surface area contributed by atoms with Crippen molar-refractivity contribution in [3.05, 3.63) is 55.7 Å². The van der Waals surface area contributed by atoms with Crippen LogP contribution in [-0.4, -0.2) is 10.9 Å². The number of pyridine rings is 1. The summed E-state index contributed by atoms with van der Waals surface area (Å²) in [7, 11) is 0. The minimum atomic E-state index is -0.347. The van der Waals surface area contributed by atoms with Gasteiger partial charge in [-0.25, -0.2) is 4.98 Å². The number of hydrogen-bond donors (Lipinski definition) is 1. The van der Waals surface area contributed by atoms with E-state index in [0.717, 1.165) is 0 Å². The standard InChI is InChI=1S/C12H6BrCl3N2O/c13-11-6(2-1-3-17-11)12(19)18-10-5-8(15)7(14)4-9(10)16/h1-5H,(H,18,19). The summed E-state index contributed by atoms with van der Waals surface area (Å²) in [4.78, 5) is 16.0. The van der Waals surface area contributed by atoms with Crippen molar-refractivity contribution in [3.8, 4) is 0 Å². The van der Waals surface area contributed by atoms with Gasteiger partial charge in [-0.15, -0.1) is 0 Å². The number of hydrogen-bond acceptors (Lipinski definition) is 2. The first-order valence-corrected chi connectivity index (χ1v) is 6.98. The Labute approximate surface area is 133 Å². The lowest BCUT2D eigenvalue weighted by Crippen LogP contribution is -2.13. The molecule has 1 amide bonds. The predicted molar refractivity (Wildman–Crippen MR) is 81.4 cm³/mol. The van der Waals surface area contributed by atoms with Crippen LogP contribution in [0.5, 0.6) is 0 Å². The lowest BCUT2D eigenvalue weighted by atomic mass is 10.2. The van der Waals surface area contributed by atoms with Gasteiger partial charge in [0, 0.05) is 6.20 Å². The topological polar surface area (TPSA) is 42.0 Å². The quantitative estimate of drug-likeness (QED) is 0.585. The summed E-state index contributed by atoms with van der Waals surface area (Å²) in [6.07, 6.45) is 1.58. The molecule has 2 rings (SSSR count). The van der Waals surface area contributed by atoms with Gasteiger partial charge in [-0.1, -0.05) is 34.8 Å². The maximum absolute atomic E-state index is 12.1. The molecule has 0 aliphatic carbocycles. The Kier molecular flexibility index (Phi) is 4.68. The molecule has 0 aliphatic rings. The molecule has 1 aromatic carbocycles. The summed E-state index contributed by atoms with van der Waals surface area (Å²) in [5.41, 5.74) is 0.779. The average Bonchev–Trinajstić information content (AvgIpc) is 2.36. The van der Waals surface area contributed by atoms with Crippen LogP contribution in [0, 0.1) is 0 Å². The van der Waals surface area contributed by atoms with Crippen LogP contribution in [-0.2, 0) is 0 Å². The third kappa shape index (κ3) is 3.39. The fourth-order valence-electron chi connectivity index (χ4n) is 1.36. The highest BCUT2D eigenvalue weighted by atomic mass is 79.9. The Morgan fingerprint density at radius 3 is 2.53 bits per heavy atom. The Hall–Kier alpha value is -0.810. The van der Waals surface area contributed by atoms with Gasteiger partial charge in [-0.3, -0.25) is 4.79 Å². The molecule has 1 heterocycles. The van der Waals surface area contributed by atoms with Crippen LogP contribution in [0.15, 0.2) is 35.1 Å². The lowest BCUT2D eigenvalue weighted by Gasteiger charge is -2.09. The zero-order chi connectivity index (χ0) is 14.0. The highest BCUT2D eigenvalue weighted by molar-refractivity contribution is 9.10. The lowest BCUT2D eigenvalue weighted by molar-refractivity contribution is 0.102. The molecule has 3 nitrogen and oxygen atoms in total. The van der Waals surface area contributed by atoms with E-state index in [9.17, 15) is 4.79 Å². The summed E-state index contributed by atoms with van der Waals surface area (Å²) in [6, 6.07) is 6.27. The number of benzene rings is 1. The number of nitrogens with zero attached hydrogens (tertiary/aromatic N) is 1. The second kappa shape index (κ2) is 6.09. The molecule has 0 spiro atoms. The van der Waals surface area contributed by atoms with Gasteiger partial charge in [0.15, 0.2) is 0 Å². The zero-order valence-electron chi connectivity index (χ0n) is 9.25. The first kappa shape index (κ1) is 14.6. The van der Waals surface area contributed by atoms with Crippen LogP contribution in [0.3, 0.4) is 0 Å². The number of carbonyl (C=O) groups excluding carboxylic acids is 1. The van der Waals surface area contributed by atoms with Crippen LogP contribution in [0.2, 0.25) is 15.1 Å². The van der Waals surface area contributed by atoms with Crippen molar-refractivity contribution in [2.24, 2.45) is 0 Å². The smallest absolute Gasteiger partial charge is 0.258 e. The first-order valence-electron chi connectivity index (χ1n) is 5.05. The predicted octanol–water partition coefficient (Wildman–Crippen LogP) is 5.06. The van der Waals surface area contributed by atoms with Crippen molar-refractivity contribution in [3.63, 3.8) is 0 Å². The van der Waals surface area contributed by atoms with E-state index < -0.39 is 0 Å². The van der Waals surface area contributed by atoms with E-state index in [1.165, 1.54) is 12.1 Å². The number of carbonyl (C=O) groups is 1. The molecule has 98 valence electrons. The number of amides is 1. The van der Waals surface area contributed by atoms with E-state index in [0.29, 0.717) is 30.9 Å². The number of nitrogens with one attached hydrogen (secondary N) is 1. The van der Waals surface area contributed by atoms with Gasteiger partial charge >= 0.3 is 0 Å². The summed E-state index contributed by atoms with van der Waals surface area (Å²) in [5.74, 6) is -0.347. The molecule has 0 bridgehead atoms. The fourth-order valence-corrected chi connectivity index (χ4v) is 2.39. The van der Waals surface area contributed by atoms with E-state index >= 15 is 0 Å². The number of rotatable bonds is 2. The fraction of sp³-hybridized carbons (Fsp3) is 0. The first-order chi connectivity index (χ1) is 8.99. The summed E-state index contributed by atoms with van der Waals surface area (Å²) in [6.45, 7) is 0. The Morgan fingerprint density at radius 2 is 1.84 bits per heavy atom. The normalized spacial score (nSPS) is 10.3. The summed E-state index contributed by atoms with van der Waals surface area (Å²) in [5, 5.41) is 3.60. The van der Waals surface area contributed by atoms with Gasteiger partial charge in [0.05, 0.1) is 26.3 Å². The van der Waals surface area contributed by atoms with Gasteiger partial charge in [0.2, 0.25) is 0 Å². The van der Waals surface area contributed by atoms with Crippen LogP contribution in [0.1, 0.15) is 10.4 Å². The number of halogens is 4. The molecule has 2 aromatic rings. The molecular weight excluding hydrogens is 374 g/mol. The van der Waals surface area contributed by atoms with Gasteiger partial charge in [-0.05, 0) is 40.2 Å². The summed E-state index contributed by atoms with van der Waals surface area (Å²) < 4.78 is 0.448. The van der Waals surface area contributed by atoms with Crippen molar-refractivity contribution in [1.29, 1.82) is 0 Å². The largest absolute Gasteiger partial charge is 0.320 e. The molecule has 0 atom stereocenters.